The molecule has 0 saturated heterocycles. The van der Waals surface area contributed by atoms with Crippen molar-refractivity contribution in [2.45, 2.75) is 45.1 Å². The standard InChI is InChI=1S/C16H24N2O3/c1-12(19)14-8-9-15(16(10-14)18(20)21)17(2)11-13-6-4-3-5-7-13/h8-10,12-13,19H,3-7,11H2,1-2H3/t12-/m0/s1. The van der Waals surface area contributed by atoms with Crippen molar-refractivity contribution in [2.24, 2.45) is 5.92 Å². The molecule has 1 aliphatic rings. The molecule has 0 amide bonds. The van der Waals surface area contributed by atoms with Gasteiger partial charge < -0.3 is 10.0 Å². The fourth-order valence-corrected chi connectivity index (χ4v) is 3.12. The Bertz CT molecular complexity index is 496. The monoisotopic (exact) mass is 292 g/mol. The van der Waals surface area contributed by atoms with Crippen LogP contribution in [0.4, 0.5) is 11.4 Å². The summed E-state index contributed by atoms with van der Waals surface area (Å²) in [5.74, 6) is 0.625. The van der Waals surface area contributed by atoms with Crippen LogP contribution in [-0.4, -0.2) is 23.6 Å². The number of rotatable bonds is 5. The zero-order chi connectivity index (χ0) is 15.4. The molecule has 5 heteroatoms. The van der Waals surface area contributed by atoms with E-state index in [2.05, 4.69) is 0 Å². The number of nitrogens with zero attached hydrogens (tertiary/aromatic N) is 2. The lowest BCUT2D eigenvalue weighted by atomic mass is 9.89. The number of nitro benzene ring substituents is 1. The average molecular weight is 292 g/mol. The molecule has 1 aliphatic carbocycles. The van der Waals surface area contributed by atoms with Crippen LogP contribution in [0.5, 0.6) is 0 Å². The molecule has 0 radical (unpaired) electrons. The Balaban J connectivity index is 2.18. The fraction of sp³-hybridized carbons (Fsp3) is 0.625. The number of nitro groups is 1. The van der Waals surface area contributed by atoms with E-state index < -0.39 is 6.10 Å². The first kappa shape index (κ1) is 15.8. The van der Waals surface area contributed by atoms with Gasteiger partial charge in [0.25, 0.3) is 5.69 Å². The van der Waals surface area contributed by atoms with Gasteiger partial charge in [-0.05, 0) is 37.3 Å². The van der Waals surface area contributed by atoms with Crippen LogP contribution in [0, 0.1) is 16.0 Å². The smallest absolute Gasteiger partial charge is 0.292 e. The van der Waals surface area contributed by atoms with Crippen LogP contribution >= 0.6 is 0 Å². The molecule has 0 heterocycles. The van der Waals surface area contributed by atoms with Crippen LogP contribution in [0.1, 0.15) is 50.7 Å². The minimum atomic E-state index is -0.693. The number of aliphatic hydroxyl groups is 1. The van der Waals surface area contributed by atoms with Gasteiger partial charge in [-0.25, -0.2) is 0 Å². The predicted octanol–water partition coefficient (Wildman–Crippen LogP) is 3.66. The van der Waals surface area contributed by atoms with E-state index in [9.17, 15) is 15.2 Å². The number of aliphatic hydroxyl groups excluding tert-OH is 1. The lowest BCUT2D eigenvalue weighted by Crippen LogP contribution is -2.27. The molecular formula is C16H24N2O3. The third-order valence-electron chi connectivity index (χ3n) is 4.35. The molecule has 0 aliphatic heterocycles. The van der Waals surface area contributed by atoms with E-state index in [4.69, 9.17) is 0 Å². The number of anilines is 1. The maximum absolute atomic E-state index is 11.3. The lowest BCUT2D eigenvalue weighted by Gasteiger charge is -2.28. The van der Waals surface area contributed by atoms with Crippen LogP contribution in [0.2, 0.25) is 0 Å². The number of hydrogen-bond acceptors (Lipinski definition) is 4. The summed E-state index contributed by atoms with van der Waals surface area (Å²) in [4.78, 5) is 12.9. The maximum atomic E-state index is 11.3. The lowest BCUT2D eigenvalue weighted by molar-refractivity contribution is -0.384. The summed E-state index contributed by atoms with van der Waals surface area (Å²) in [7, 11) is 1.92. The Hall–Kier alpha value is -1.62. The van der Waals surface area contributed by atoms with Crippen LogP contribution in [0.3, 0.4) is 0 Å². The first-order valence-electron chi connectivity index (χ1n) is 7.66. The molecule has 0 bridgehead atoms. The van der Waals surface area contributed by atoms with E-state index >= 15 is 0 Å². The van der Waals surface area contributed by atoms with Gasteiger partial charge in [-0.1, -0.05) is 25.3 Å². The molecule has 1 saturated carbocycles. The summed E-state index contributed by atoms with van der Waals surface area (Å²) in [5.41, 5.74) is 1.29. The van der Waals surface area contributed by atoms with Crippen LogP contribution in [0.15, 0.2) is 18.2 Å². The summed E-state index contributed by atoms with van der Waals surface area (Å²) in [6.07, 6.45) is 5.57. The van der Waals surface area contributed by atoms with Gasteiger partial charge >= 0.3 is 0 Å². The van der Waals surface area contributed by atoms with Gasteiger partial charge in [-0.15, -0.1) is 0 Å². The molecule has 2 rings (SSSR count). The largest absolute Gasteiger partial charge is 0.389 e. The first-order valence-corrected chi connectivity index (χ1v) is 7.66. The zero-order valence-corrected chi connectivity index (χ0v) is 12.8. The highest BCUT2D eigenvalue weighted by Crippen LogP contribution is 2.32. The van der Waals surface area contributed by atoms with Crippen molar-refractivity contribution in [2.75, 3.05) is 18.5 Å². The Labute approximate surface area is 125 Å². The third-order valence-corrected chi connectivity index (χ3v) is 4.35. The molecule has 0 unspecified atom stereocenters. The molecule has 1 aromatic carbocycles. The van der Waals surface area contributed by atoms with Crippen molar-refractivity contribution < 1.29 is 10.0 Å². The second-order valence-electron chi connectivity index (χ2n) is 6.07. The zero-order valence-electron chi connectivity index (χ0n) is 12.8. The van der Waals surface area contributed by atoms with Crippen molar-refractivity contribution in [1.82, 2.24) is 0 Å². The molecule has 1 aromatic rings. The Morgan fingerprint density at radius 2 is 2.05 bits per heavy atom. The molecule has 1 atom stereocenters. The molecule has 116 valence electrons. The highest BCUT2D eigenvalue weighted by molar-refractivity contribution is 5.64. The summed E-state index contributed by atoms with van der Waals surface area (Å²) >= 11 is 0. The van der Waals surface area contributed by atoms with Crippen LogP contribution in [0.25, 0.3) is 0 Å². The minimum Gasteiger partial charge on any atom is -0.389 e. The Morgan fingerprint density at radius 1 is 1.38 bits per heavy atom. The molecule has 1 fully saturated rings. The molecule has 0 spiro atoms. The highest BCUT2D eigenvalue weighted by atomic mass is 16.6. The summed E-state index contributed by atoms with van der Waals surface area (Å²) < 4.78 is 0. The maximum Gasteiger partial charge on any atom is 0.292 e. The van der Waals surface area contributed by atoms with Gasteiger partial charge in [0, 0.05) is 19.7 Å². The van der Waals surface area contributed by atoms with Crippen LogP contribution in [-0.2, 0) is 0 Å². The summed E-state index contributed by atoms with van der Waals surface area (Å²) in [5, 5.41) is 20.9. The second kappa shape index (κ2) is 6.89. The van der Waals surface area contributed by atoms with E-state index in [1.54, 1.807) is 19.1 Å². The van der Waals surface area contributed by atoms with E-state index in [1.165, 1.54) is 38.2 Å². The molecule has 1 N–H and O–H groups in total. The van der Waals surface area contributed by atoms with Crippen molar-refractivity contribution >= 4 is 11.4 Å². The summed E-state index contributed by atoms with van der Waals surface area (Å²) in [6.45, 7) is 2.47. The van der Waals surface area contributed by atoms with Gasteiger partial charge in [0.2, 0.25) is 0 Å². The van der Waals surface area contributed by atoms with E-state index in [-0.39, 0.29) is 10.6 Å². The second-order valence-corrected chi connectivity index (χ2v) is 6.07. The van der Waals surface area contributed by atoms with Gasteiger partial charge in [0.05, 0.1) is 11.0 Å². The minimum absolute atomic E-state index is 0.0757. The summed E-state index contributed by atoms with van der Waals surface area (Å²) in [6, 6.07) is 5.00. The Morgan fingerprint density at radius 3 is 2.62 bits per heavy atom. The topological polar surface area (TPSA) is 66.6 Å². The van der Waals surface area contributed by atoms with Crippen molar-refractivity contribution in [3.63, 3.8) is 0 Å². The fourth-order valence-electron chi connectivity index (χ4n) is 3.12. The number of benzene rings is 1. The van der Waals surface area contributed by atoms with Gasteiger partial charge in [0.15, 0.2) is 0 Å². The van der Waals surface area contributed by atoms with Gasteiger partial charge in [-0.3, -0.25) is 10.1 Å². The SMILES string of the molecule is C[C@H](O)c1ccc(N(C)CC2CCCCC2)c([N+](=O)[O-])c1. The first-order chi connectivity index (χ1) is 9.99. The van der Waals surface area contributed by atoms with E-state index in [0.717, 1.165) is 6.54 Å². The van der Waals surface area contributed by atoms with Crippen LogP contribution < -0.4 is 4.90 Å². The van der Waals surface area contributed by atoms with Gasteiger partial charge in [-0.2, -0.15) is 0 Å². The number of hydrogen-bond donors (Lipinski definition) is 1. The normalized spacial score (nSPS) is 17.5. The van der Waals surface area contributed by atoms with E-state index in [0.29, 0.717) is 17.2 Å². The predicted molar refractivity (Wildman–Crippen MR) is 83.6 cm³/mol. The molecule has 5 nitrogen and oxygen atoms in total. The van der Waals surface area contributed by atoms with E-state index in [1.807, 2.05) is 11.9 Å². The van der Waals surface area contributed by atoms with Crippen molar-refractivity contribution in [1.29, 1.82) is 0 Å². The van der Waals surface area contributed by atoms with Crippen molar-refractivity contribution in [3.8, 4) is 0 Å². The molecular weight excluding hydrogens is 268 g/mol. The quantitative estimate of drug-likeness (QED) is 0.664. The third kappa shape index (κ3) is 3.94. The molecule has 0 aromatic heterocycles. The molecule has 21 heavy (non-hydrogen) atoms. The Kier molecular flexibility index (Phi) is 5.17. The van der Waals surface area contributed by atoms with Gasteiger partial charge in [0.1, 0.15) is 5.69 Å². The average Bonchev–Trinajstić information content (AvgIpc) is 2.47. The highest BCUT2D eigenvalue weighted by Gasteiger charge is 2.22. The van der Waals surface area contributed by atoms with Crippen molar-refractivity contribution in [3.05, 3.63) is 33.9 Å².